The number of aryl methyl sites for hydroxylation is 2. The highest BCUT2D eigenvalue weighted by molar-refractivity contribution is 5.85. The second kappa shape index (κ2) is 10.2. The molecule has 1 saturated heterocycles. The highest BCUT2D eigenvalue weighted by Crippen LogP contribution is 2.29. The molecule has 8 heteroatoms. The minimum Gasteiger partial charge on any atom is -0.464 e. The Bertz CT molecular complexity index is 1570. The van der Waals surface area contributed by atoms with E-state index in [0.717, 1.165) is 88.3 Å². The quantitative estimate of drug-likeness (QED) is 0.311. The van der Waals surface area contributed by atoms with Crippen LogP contribution in [0.15, 0.2) is 71.6 Å². The van der Waals surface area contributed by atoms with Crippen molar-refractivity contribution in [1.29, 1.82) is 0 Å². The van der Waals surface area contributed by atoms with Crippen molar-refractivity contribution < 1.29 is 4.42 Å². The maximum Gasteiger partial charge on any atom is 0.225 e. The average molecular weight is 506 g/mol. The largest absolute Gasteiger partial charge is 0.464 e. The molecule has 1 unspecified atom stereocenters. The number of aromatic nitrogens is 4. The highest BCUT2D eigenvalue weighted by atomic mass is 16.3. The van der Waals surface area contributed by atoms with E-state index in [1.54, 1.807) is 6.26 Å². The Morgan fingerprint density at radius 2 is 1.74 bits per heavy atom. The summed E-state index contributed by atoms with van der Waals surface area (Å²) in [6.07, 6.45) is 5.62. The second-order valence-corrected chi connectivity index (χ2v) is 9.82. The second-order valence-electron chi connectivity index (χ2n) is 9.82. The molecule has 0 aliphatic carbocycles. The van der Waals surface area contributed by atoms with E-state index in [2.05, 4.69) is 74.7 Å². The lowest BCUT2D eigenvalue weighted by Gasteiger charge is -2.27. The van der Waals surface area contributed by atoms with Crippen molar-refractivity contribution in [3.8, 4) is 22.4 Å². The van der Waals surface area contributed by atoms with Crippen molar-refractivity contribution >= 4 is 22.7 Å². The zero-order valence-corrected chi connectivity index (χ0v) is 21.9. The van der Waals surface area contributed by atoms with Crippen molar-refractivity contribution in [3.63, 3.8) is 0 Å². The van der Waals surface area contributed by atoms with Gasteiger partial charge < -0.3 is 20.0 Å². The van der Waals surface area contributed by atoms with Gasteiger partial charge in [-0.05, 0) is 61.7 Å². The third-order valence-electron chi connectivity index (χ3n) is 7.02. The minimum atomic E-state index is 0.0386. The molecule has 3 aromatic heterocycles. The van der Waals surface area contributed by atoms with E-state index < -0.39 is 0 Å². The molecular formula is C30H31N7O. The third kappa shape index (κ3) is 4.95. The Morgan fingerprint density at radius 3 is 2.55 bits per heavy atom. The van der Waals surface area contributed by atoms with Crippen LogP contribution in [0.2, 0.25) is 0 Å². The van der Waals surface area contributed by atoms with Crippen LogP contribution in [0.1, 0.15) is 29.9 Å². The molecule has 2 aromatic carbocycles. The Labute approximate surface area is 222 Å². The first-order chi connectivity index (χ1) is 18.5. The van der Waals surface area contributed by atoms with Crippen LogP contribution in [-0.2, 0) is 0 Å². The Morgan fingerprint density at radius 1 is 0.921 bits per heavy atom. The summed E-state index contributed by atoms with van der Waals surface area (Å²) in [6, 6.07) is 16.7. The molecule has 0 spiro atoms. The molecule has 2 N–H and O–H groups in total. The molecule has 0 amide bonds. The number of hydrogen-bond donors (Lipinski definition) is 2. The molecule has 1 aliphatic rings. The van der Waals surface area contributed by atoms with Gasteiger partial charge in [0.1, 0.15) is 17.2 Å². The maximum atomic E-state index is 5.61. The molecule has 1 aliphatic heterocycles. The lowest BCUT2D eigenvalue weighted by Crippen LogP contribution is -2.44. The monoisotopic (exact) mass is 505 g/mol. The fraction of sp³-hybridized carbons (Fsp3) is 0.267. The fourth-order valence-corrected chi connectivity index (χ4v) is 4.90. The molecule has 4 heterocycles. The fourth-order valence-electron chi connectivity index (χ4n) is 4.90. The van der Waals surface area contributed by atoms with Gasteiger partial charge in [0.25, 0.3) is 0 Å². The van der Waals surface area contributed by atoms with Crippen molar-refractivity contribution in [2.24, 2.45) is 0 Å². The topological polar surface area (TPSA) is 92.0 Å². The summed E-state index contributed by atoms with van der Waals surface area (Å²) in [6.45, 7) is 9.90. The van der Waals surface area contributed by atoms with Gasteiger partial charge >= 0.3 is 0 Å². The van der Waals surface area contributed by atoms with Crippen LogP contribution in [0.4, 0.5) is 11.8 Å². The Balaban J connectivity index is 1.21. The summed E-state index contributed by atoms with van der Waals surface area (Å²) in [5.74, 6) is 2.30. The first kappa shape index (κ1) is 24.1. The van der Waals surface area contributed by atoms with E-state index in [0.29, 0.717) is 0 Å². The smallest absolute Gasteiger partial charge is 0.225 e. The van der Waals surface area contributed by atoms with Gasteiger partial charge in [0.2, 0.25) is 5.95 Å². The summed E-state index contributed by atoms with van der Waals surface area (Å²) < 4.78 is 5.61. The zero-order chi connectivity index (χ0) is 26.1. The van der Waals surface area contributed by atoms with E-state index in [1.165, 1.54) is 0 Å². The van der Waals surface area contributed by atoms with Crippen LogP contribution in [0.25, 0.3) is 33.4 Å². The number of hydrogen-bond acceptors (Lipinski definition) is 8. The molecule has 0 bridgehead atoms. The van der Waals surface area contributed by atoms with Crippen molar-refractivity contribution in [3.05, 3.63) is 84.1 Å². The van der Waals surface area contributed by atoms with Crippen molar-refractivity contribution in [2.75, 3.05) is 36.4 Å². The van der Waals surface area contributed by atoms with Crippen LogP contribution < -0.4 is 15.5 Å². The number of piperazine rings is 1. The van der Waals surface area contributed by atoms with Gasteiger partial charge in [-0.1, -0.05) is 18.2 Å². The highest BCUT2D eigenvalue weighted by Gasteiger charge is 2.14. The van der Waals surface area contributed by atoms with Crippen LogP contribution in [0.3, 0.4) is 0 Å². The van der Waals surface area contributed by atoms with Gasteiger partial charge in [0, 0.05) is 67.2 Å². The standard InChI is InChI=1S/C30H31N7O/c1-19-18-38-28-8-7-24(14-26(19)28)27-15-29(36-21(3)35-27)34-20(2)22-5-4-6-23(13-22)25-16-32-30(33-17-25)37-11-9-31-10-12-37/h4-8,13-18,20,31H,9-12H2,1-3H3,(H,34,35,36). The van der Waals surface area contributed by atoms with Gasteiger partial charge in [-0.3, -0.25) is 0 Å². The summed E-state index contributed by atoms with van der Waals surface area (Å²) >= 11 is 0. The average Bonchev–Trinajstić information content (AvgIpc) is 3.33. The number of nitrogens with one attached hydrogen (secondary N) is 2. The number of fused-ring (bicyclic) bond motifs is 1. The molecular weight excluding hydrogens is 474 g/mol. The van der Waals surface area contributed by atoms with E-state index >= 15 is 0 Å². The molecule has 0 saturated carbocycles. The summed E-state index contributed by atoms with van der Waals surface area (Å²) in [4.78, 5) is 20.9. The SMILES string of the molecule is Cc1nc(NC(C)c2cccc(-c3cnc(N4CCNCC4)nc3)c2)cc(-c2ccc3occ(C)c3c2)n1. The molecule has 8 nitrogen and oxygen atoms in total. The lowest BCUT2D eigenvalue weighted by molar-refractivity contribution is 0.580. The minimum absolute atomic E-state index is 0.0386. The summed E-state index contributed by atoms with van der Waals surface area (Å²) in [7, 11) is 0. The van der Waals surface area contributed by atoms with Crippen LogP contribution in [0, 0.1) is 13.8 Å². The first-order valence-electron chi connectivity index (χ1n) is 13.0. The molecule has 192 valence electrons. The van der Waals surface area contributed by atoms with E-state index in [4.69, 9.17) is 9.40 Å². The normalized spacial score (nSPS) is 14.6. The van der Waals surface area contributed by atoms with E-state index in [9.17, 15) is 0 Å². The number of nitrogens with zero attached hydrogens (tertiary/aromatic N) is 5. The van der Waals surface area contributed by atoms with Crippen LogP contribution >= 0.6 is 0 Å². The van der Waals surface area contributed by atoms with Gasteiger partial charge in [0.15, 0.2) is 0 Å². The molecule has 1 fully saturated rings. The van der Waals surface area contributed by atoms with E-state index in [-0.39, 0.29) is 6.04 Å². The van der Waals surface area contributed by atoms with Crippen LogP contribution in [0.5, 0.6) is 0 Å². The van der Waals surface area contributed by atoms with E-state index in [1.807, 2.05) is 37.5 Å². The van der Waals surface area contributed by atoms with Gasteiger partial charge in [-0.15, -0.1) is 0 Å². The number of rotatable bonds is 6. The van der Waals surface area contributed by atoms with Gasteiger partial charge in [-0.2, -0.15) is 0 Å². The van der Waals surface area contributed by atoms with Crippen LogP contribution in [-0.4, -0.2) is 46.1 Å². The summed E-state index contributed by atoms with van der Waals surface area (Å²) in [5, 5.41) is 8.03. The van der Waals surface area contributed by atoms with Crippen molar-refractivity contribution in [2.45, 2.75) is 26.8 Å². The molecule has 1 atom stereocenters. The summed E-state index contributed by atoms with van der Waals surface area (Å²) in [5.41, 5.74) is 7.16. The molecule has 38 heavy (non-hydrogen) atoms. The first-order valence-corrected chi connectivity index (χ1v) is 13.0. The molecule has 6 rings (SSSR count). The Hall–Kier alpha value is -4.30. The number of anilines is 2. The van der Waals surface area contributed by atoms with Gasteiger partial charge in [0.05, 0.1) is 12.0 Å². The molecule has 0 radical (unpaired) electrons. The Kier molecular flexibility index (Phi) is 6.47. The maximum absolute atomic E-state index is 5.61. The predicted molar refractivity (Wildman–Crippen MR) is 151 cm³/mol. The van der Waals surface area contributed by atoms with Crippen molar-refractivity contribution in [1.82, 2.24) is 25.3 Å². The zero-order valence-electron chi connectivity index (χ0n) is 21.9. The third-order valence-corrected chi connectivity index (χ3v) is 7.02. The number of furan rings is 1. The molecule has 5 aromatic rings. The lowest BCUT2D eigenvalue weighted by atomic mass is 10.0. The van der Waals surface area contributed by atoms with Gasteiger partial charge in [-0.25, -0.2) is 19.9 Å². The number of benzene rings is 2. The predicted octanol–water partition coefficient (Wildman–Crippen LogP) is 5.55.